The van der Waals surface area contributed by atoms with Crippen LogP contribution in [-0.4, -0.2) is 28.1 Å². The number of aliphatic hydroxyl groups is 1. The second-order valence-electron chi connectivity index (χ2n) is 5.22. The highest BCUT2D eigenvalue weighted by molar-refractivity contribution is 5.82. The number of hydrogen-bond donors (Lipinski definition) is 3. The van der Waals surface area contributed by atoms with Crippen molar-refractivity contribution < 1.29 is 19.8 Å². The average molecular weight is 277 g/mol. The van der Waals surface area contributed by atoms with Gasteiger partial charge in [-0.25, -0.2) is 0 Å². The first-order valence-electron chi connectivity index (χ1n) is 6.84. The number of rotatable bonds is 4. The van der Waals surface area contributed by atoms with Gasteiger partial charge in [0.15, 0.2) is 6.10 Å². The molecule has 0 radical (unpaired) electrons. The summed E-state index contributed by atoms with van der Waals surface area (Å²) in [4.78, 5) is 23.0. The Bertz CT molecular complexity index is 474. The summed E-state index contributed by atoms with van der Waals surface area (Å²) in [6.45, 7) is 0. The third-order valence-electron chi connectivity index (χ3n) is 3.73. The van der Waals surface area contributed by atoms with Crippen LogP contribution >= 0.6 is 0 Å². The van der Waals surface area contributed by atoms with E-state index in [1.165, 1.54) is 0 Å². The SMILES string of the molecule is O=C(O)C1CCCC(NC(=O)C(O)c2ccccc2)C1. The van der Waals surface area contributed by atoms with Crippen LogP contribution < -0.4 is 5.32 Å². The Kier molecular flexibility index (Phi) is 4.74. The summed E-state index contributed by atoms with van der Waals surface area (Å²) in [5, 5.41) is 21.7. The molecule has 1 aromatic rings. The lowest BCUT2D eigenvalue weighted by molar-refractivity contribution is -0.143. The smallest absolute Gasteiger partial charge is 0.306 e. The van der Waals surface area contributed by atoms with Gasteiger partial charge in [-0.05, 0) is 24.8 Å². The molecule has 0 heterocycles. The third kappa shape index (κ3) is 3.57. The molecule has 1 aliphatic carbocycles. The summed E-state index contributed by atoms with van der Waals surface area (Å²) >= 11 is 0. The van der Waals surface area contributed by atoms with Crippen LogP contribution in [0.25, 0.3) is 0 Å². The van der Waals surface area contributed by atoms with Crippen LogP contribution in [0.3, 0.4) is 0 Å². The van der Waals surface area contributed by atoms with Crippen LogP contribution in [0.1, 0.15) is 37.4 Å². The highest BCUT2D eigenvalue weighted by Gasteiger charge is 2.29. The zero-order valence-electron chi connectivity index (χ0n) is 11.2. The van der Waals surface area contributed by atoms with E-state index in [2.05, 4.69) is 5.32 Å². The van der Waals surface area contributed by atoms with E-state index in [1.807, 2.05) is 6.07 Å². The summed E-state index contributed by atoms with van der Waals surface area (Å²) in [6.07, 6.45) is 1.42. The molecule has 3 atom stereocenters. The van der Waals surface area contributed by atoms with E-state index in [-0.39, 0.29) is 6.04 Å². The van der Waals surface area contributed by atoms with Gasteiger partial charge in [0, 0.05) is 6.04 Å². The van der Waals surface area contributed by atoms with Crippen molar-refractivity contribution in [2.24, 2.45) is 5.92 Å². The molecule has 3 N–H and O–H groups in total. The van der Waals surface area contributed by atoms with Crippen molar-refractivity contribution >= 4 is 11.9 Å². The number of carbonyl (C=O) groups is 2. The van der Waals surface area contributed by atoms with E-state index in [0.717, 1.165) is 12.8 Å². The summed E-state index contributed by atoms with van der Waals surface area (Å²) in [7, 11) is 0. The van der Waals surface area contributed by atoms with E-state index in [4.69, 9.17) is 5.11 Å². The largest absolute Gasteiger partial charge is 0.481 e. The van der Waals surface area contributed by atoms with Crippen molar-refractivity contribution in [3.05, 3.63) is 35.9 Å². The number of aliphatic hydroxyl groups excluding tert-OH is 1. The van der Waals surface area contributed by atoms with Gasteiger partial charge < -0.3 is 15.5 Å². The predicted molar refractivity (Wildman–Crippen MR) is 72.9 cm³/mol. The van der Waals surface area contributed by atoms with Crippen molar-refractivity contribution in [3.8, 4) is 0 Å². The van der Waals surface area contributed by atoms with Gasteiger partial charge in [0.1, 0.15) is 0 Å². The van der Waals surface area contributed by atoms with Crippen LogP contribution in [-0.2, 0) is 9.59 Å². The second-order valence-corrected chi connectivity index (χ2v) is 5.22. The van der Waals surface area contributed by atoms with E-state index in [1.54, 1.807) is 24.3 Å². The molecule has 0 bridgehead atoms. The van der Waals surface area contributed by atoms with E-state index in [9.17, 15) is 14.7 Å². The highest BCUT2D eigenvalue weighted by Crippen LogP contribution is 2.25. The number of amides is 1. The molecule has 1 amide bonds. The summed E-state index contributed by atoms with van der Waals surface area (Å²) in [5.41, 5.74) is 0.538. The fraction of sp³-hybridized carbons (Fsp3) is 0.467. The van der Waals surface area contributed by atoms with Crippen molar-refractivity contribution in [3.63, 3.8) is 0 Å². The zero-order valence-corrected chi connectivity index (χ0v) is 11.2. The quantitative estimate of drug-likeness (QED) is 0.778. The lowest BCUT2D eigenvalue weighted by atomic mass is 9.85. The number of nitrogens with one attached hydrogen (secondary N) is 1. The first kappa shape index (κ1) is 14.5. The molecule has 2 rings (SSSR count). The first-order chi connectivity index (χ1) is 9.58. The molecule has 1 fully saturated rings. The summed E-state index contributed by atoms with van der Waals surface area (Å²) < 4.78 is 0. The molecule has 0 aliphatic heterocycles. The molecule has 108 valence electrons. The van der Waals surface area contributed by atoms with Crippen LogP contribution in [0.5, 0.6) is 0 Å². The molecule has 1 saturated carbocycles. The molecular weight excluding hydrogens is 258 g/mol. The molecule has 0 spiro atoms. The minimum atomic E-state index is -1.21. The van der Waals surface area contributed by atoms with Gasteiger partial charge in [0.2, 0.25) is 0 Å². The molecule has 5 heteroatoms. The van der Waals surface area contributed by atoms with Gasteiger partial charge in [0.25, 0.3) is 5.91 Å². The Hall–Kier alpha value is -1.88. The molecule has 3 unspecified atom stereocenters. The van der Waals surface area contributed by atoms with Gasteiger partial charge in [-0.2, -0.15) is 0 Å². The Morgan fingerprint density at radius 2 is 1.90 bits per heavy atom. The number of hydrogen-bond acceptors (Lipinski definition) is 3. The predicted octanol–water partition coefficient (Wildman–Crippen LogP) is 1.48. The maximum Gasteiger partial charge on any atom is 0.306 e. The van der Waals surface area contributed by atoms with E-state index >= 15 is 0 Å². The van der Waals surface area contributed by atoms with Crippen LogP contribution in [0.15, 0.2) is 30.3 Å². The minimum absolute atomic E-state index is 0.171. The van der Waals surface area contributed by atoms with Crippen LogP contribution in [0.4, 0.5) is 0 Å². The first-order valence-corrected chi connectivity index (χ1v) is 6.84. The van der Waals surface area contributed by atoms with Crippen molar-refractivity contribution in [2.45, 2.75) is 37.8 Å². The zero-order chi connectivity index (χ0) is 14.5. The van der Waals surface area contributed by atoms with Gasteiger partial charge >= 0.3 is 5.97 Å². The topological polar surface area (TPSA) is 86.6 Å². The molecule has 1 aliphatic rings. The second kappa shape index (κ2) is 6.52. The van der Waals surface area contributed by atoms with Gasteiger partial charge in [-0.1, -0.05) is 36.8 Å². The number of carbonyl (C=O) groups excluding carboxylic acids is 1. The van der Waals surface area contributed by atoms with E-state index < -0.39 is 23.9 Å². The molecule has 1 aromatic carbocycles. The highest BCUT2D eigenvalue weighted by atomic mass is 16.4. The Morgan fingerprint density at radius 1 is 1.20 bits per heavy atom. The van der Waals surface area contributed by atoms with Crippen molar-refractivity contribution in [2.75, 3.05) is 0 Å². The number of carboxylic acids is 1. The molecular formula is C15H19NO4. The van der Waals surface area contributed by atoms with E-state index in [0.29, 0.717) is 18.4 Å². The lowest BCUT2D eigenvalue weighted by Crippen LogP contribution is -2.42. The van der Waals surface area contributed by atoms with Crippen LogP contribution in [0.2, 0.25) is 0 Å². The molecule has 5 nitrogen and oxygen atoms in total. The maximum atomic E-state index is 12.0. The number of benzene rings is 1. The maximum absolute atomic E-state index is 12.0. The standard InChI is InChI=1S/C15H19NO4/c17-13(10-5-2-1-3-6-10)14(18)16-12-8-4-7-11(9-12)15(19)20/h1-3,5-6,11-13,17H,4,7-9H2,(H,16,18)(H,19,20). The average Bonchev–Trinajstić information content (AvgIpc) is 2.47. The van der Waals surface area contributed by atoms with Crippen molar-refractivity contribution in [1.29, 1.82) is 0 Å². The third-order valence-corrected chi connectivity index (χ3v) is 3.73. The summed E-state index contributed by atoms with van der Waals surface area (Å²) in [6, 6.07) is 8.53. The normalized spacial score (nSPS) is 23.9. The lowest BCUT2D eigenvalue weighted by Gasteiger charge is -2.28. The van der Waals surface area contributed by atoms with Gasteiger partial charge in [0.05, 0.1) is 5.92 Å². The summed E-state index contributed by atoms with van der Waals surface area (Å²) in [5.74, 6) is -1.68. The fourth-order valence-corrected chi connectivity index (χ4v) is 2.61. The monoisotopic (exact) mass is 277 g/mol. The molecule has 0 saturated heterocycles. The Balaban J connectivity index is 1.92. The molecule has 0 aromatic heterocycles. The molecule has 20 heavy (non-hydrogen) atoms. The number of aliphatic carboxylic acids is 1. The minimum Gasteiger partial charge on any atom is -0.481 e. The Labute approximate surface area is 117 Å². The number of carboxylic acid groups (broad SMARTS) is 1. The van der Waals surface area contributed by atoms with Gasteiger partial charge in [-0.3, -0.25) is 9.59 Å². The van der Waals surface area contributed by atoms with Crippen molar-refractivity contribution in [1.82, 2.24) is 5.32 Å². The van der Waals surface area contributed by atoms with Gasteiger partial charge in [-0.15, -0.1) is 0 Å². The Morgan fingerprint density at radius 3 is 2.55 bits per heavy atom. The van der Waals surface area contributed by atoms with Crippen LogP contribution in [0, 0.1) is 5.92 Å². The fourth-order valence-electron chi connectivity index (χ4n) is 2.61.